The topological polar surface area (TPSA) is 85.1 Å². The lowest BCUT2D eigenvalue weighted by Crippen LogP contribution is -2.11. The summed E-state index contributed by atoms with van der Waals surface area (Å²) < 4.78 is 5.27. The van der Waals surface area contributed by atoms with Crippen LogP contribution in [0.2, 0.25) is 0 Å². The van der Waals surface area contributed by atoms with E-state index in [4.69, 9.17) is 10.6 Å². The molecule has 1 saturated carbocycles. The number of rotatable bonds is 5. The van der Waals surface area contributed by atoms with Crippen molar-refractivity contribution in [1.29, 1.82) is 0 Å². The van der Waals surface area contributed by atoms with Crippen LogP contribution in [0, 0.1) is 6.92 Å². The van der Waals surface area contributed by atoms with Crippen LogP contribution >= 0.6 is 0 Å². The van der Waals surface area contributed by atoms with Gasteiger partial charge in [-0.25, -0.2) is 15.8 Å². The van der Waals surface area contributed by atoms with Crippen LogP contribution in [0.15, 0.2) is 24.3 Å². The maximum absolute atomic E-state index is 5.48. The first kappa shape index (κ1) is 13.6. The number of nitrogens with zero attached hydrogens (tertiary/aromatic N) is 2. The maximum Gasteiger partial charge on any atom is 0.145 e. The number of nitrogens with one attached hydrogen (secondary N) is 2. The molecule has 1 aliphatic rings. The quantitative estimate of drug-likeness (QED) is 0.578. The molecule has 6 nitrogen and oxygen atoms in total. The van der Waals surface area contributed by atoms with Crippen molar-refractivity contribution in [1.82, 2.24) is 9.97 Å². The first-order chi connectivity index (χ1) is 10.2. The van der Waals surface area contributed by atoms with Crippen LogP contribution in [0.1, 0.15) is 30.1 Å². The third-order valence-corrected chi connectivity index (χ3v) is 3.50. The highest BCUT2D eigenvalue weighted by Crippen LogP contribution is 2.39. The number of nitrogen functional groups attached to an aromatic ring is 1. The Morgan fingerprint density at radius 3 is 2.57 bits per heavy atom. The third-order valence-electron chi connectivity index (χ3n) is 3.50. The van der Waals surface area contributed by atoms with E-state index in [1.54, 1.807) is 13.2 Å². The first-order valence-corrected chi connectivity index (χ1v) is 6.97. The zero-order valence-corrected chi connectivity index (χ0v) is 12.2. The molecule has 0 radical (unpaired) electrons. The van der Waals surface area contributed by atoms with Gasteiger partial charge in [0.25, 0.3) is 0 Å². The van der Waals surface area contributed by atoms with E-state index in [9.17, 15) is 0 Å². The van der Waals surface area contributed by atoms with Gasteiger partial charge in [-0.15, -0.1) is 0 Å². The summed E-state index contributed by atoms with van der Waals surface area (Å²) in [6, 6.07) is 7.71. The molecular formula is C15H19N5O. The van der Waals surface area contributed by atoms with Crippen molar-refractivity contribution in [2.24, 2.45) is 5.84 Å². The number of anilines is 3. The number of methoxy groups -OCH3 is 1. The van der Waals surface area contributed by atoms with E-state index in [1.165, 1.54) is 0 Å². The third kappa shape index (κ3) is 3.05. The summed E-state index contributed by atoms with van der Waals surface area (Å²) in [5.41, 5.74) is 4.62. The number of nitrogens with two attached hydrogens (primary N) is 1. The Labute approximate surface area is 123 Å². The molecule has 0 bridgehead atoms. The average molecular weight is 285 g/mol. The minimum Gasteiger partial charge on any atom is -0.496 e. The predicted molar refractivity (Wildman–Crippen MR) is 82.8 cm³/mol. The molecule has 1 aromatic carbocycles. The molecule has 0 atom stereocenters. The zero-order chi connectivity index (χ0) is 14.8. The van der Waals surface area contributed by atoms with Gasteiger partial charge >= 0.3 is 0 Å². The fourth-order valence-corrected chi connectivity index (χ4v) is 2.23. The van der Waals surface area contributed by atoms with Crippen LogP contribution in [-0.2, 0) is 0 Å². The lowest BCUT2D eigenvalue weighted by molar-refractivity contribution is 0.412. The van der Waals surface area contributed by atoms with Crippen molar-refractivity contribution in [2.45, 2.75) is 25.7 Å². The van der Waals surface area contributed by atoms with Gasteiger partial charge in [0.15, 0.2) is 0 Å². The Kier molecular flexibility index (Phi) is 3.62. The Hall–Kier alpha value is -2.34. The summed E-state index contributed by atoms with van der Waals surface area (Å²) >= 11 is 0. The van der Waals surface area contributed by atoms with E-state index in [0.717, 1.165) is 41.5 Å². The van der Waals surface area contributed by atoms with Crippen LogP contribution in [0.3, 0.4) is 0 Å². The number of hydrogen-bond donors (Lipinski definition) is 3. The van der Waals surface area contributed by atoms with Gasteiger partial charge in [-0.3, -0.25) is 0 Å². The van der Waals surface area contributed by atoms with Gasteiger partial charge in [0, 0.05) is 17.7 Å². The van der Waals surface area contributed by atoms with Crippen LogP contribution in [0.4, 0.5) is 17.3 Å². The molecule has 110 valence electrons. The van der Waals surface area contributed by atoms with Crippen molar-refractivity contribution >= 4 is 17.3 Å². The summed E-state index contributed by atoms with van der Waals surface area (Å²) in [4.78, 5) is 8.96. The maximum atomic E-state index is 5.48. The second-order valence-electron chi connectivity index (χ2n) is 5.22. The Morgan fingerprint density at radius 2 is 1.95 bits per heavy atom. The van der Waals surface area contributed by atoms with Crippen molar-refractivity contribution in [3.8, 4) is 5.75 Å². The van der Waals surface area contributed by atoms with E-state index in [2.05, 4.69) is 20.7 Å². The van der Waals surface area contributed by atoms with E-state index in [0.29, 0.717) is 11.7 Å². The number of hydrogen-bond acceptors (Lipinski definition) is 6. The summed E-state index contributed by atoms with van der Waals surface area (Å²) in [5.74, 6) is 9.03. The highest BCUT2D eigenvalue weighted by molar-refractivity contribution is 5.61. The van der Waals surface area contributed by atoms with Crippen molar-refractivity contribution in [3.63, 3.8) is 0 Å². The minimum atomic E-state index is 0.469. The molecule has 1 fully saturated rings. The highest BCUT2D eigenvalue weighted by atomic mass is 16.5. The van der Waals surface area contributed by atoms with Gasteiger partial charge < -0.3 is 15.5 Å². The molecule has 0 aliphatic heterocycles. The fraction of sp³-hybridized carbons (Fsp3) is 0.333. The summed E-state index contributed by atoms with van der Waals surface area (Å²) in [7, 11) is 1.67. The number of benzene rings is 1. The monoisotopic (exact) mass is 285 g/mol. The van der Waals surface area contributed by atoms with E-state index >= 15 is 0 Å². The van der Waals surface area contributed by atoms with Gasteiger partial charge in [0.2, 0.25) is 0 Å². The highest BCUT2D eigenvalue weighted by Gasteiger charge is 2.27. The molecule has 1 heterocycles. The Bertz CT molecular complexity index is 655. The van der Waals surface area contributed by atoms with Crippen molar-refractivity contribution in [2.75, 3.05) is 17.9 Å². The molecule has 2 aromatic rings. The lowest BCUT2D eigenvalue weighted by Gasteiger charge is -2.11. The lowest BCUT2D eigenvalue weighted by atomic mass is 10.2. The summed E-state index contributed by atoms with van der Waals surface area (Å²) in [5, 5.41) is 3.29. The van der Waals surface area contributed by atoms with E-state index in [1.807, 2.05) is 25.1 Å². The largest absolute Gasteiger partial charge is 0.496 e. The van der Waals surface area contributed by atoms with Gasteiger partial charge in [0.05, 0.1) is 7.11 Å². The van der Waals surface area contributed by atoms with Gasteiger partial charge in [0.1, 0.15) is 23.2 Å². The van der Waals surface area contributed by atoms with Crippen molar-refractivity contribution in [3.05, 3.63) is 35.7 Å². The van der Waals surface area contributed by atoms with Gasteiger partial charge in [-0.2, -0.15) is 0 Å². The first-order valence-electron chi connectivity index (χ1n) is 6.97. The molecule has 1 aromatic heterocycles. The van der Waals surface area contributed by atoms with E-state index < -0.39 is 0 Å². The zero-order valence-electron chi connectivity index (χ0n) is 12.2. The SMILES string of the molecule is COc1ccc(Nc2cc(NN)nc(C3CC3)n2)cc1C. The molecule has 1 aliphatic carbocycles. The van der Waals surface area contributed by atoms with Gasteiger partial charge in [-0.05, 0) is 43.5 Å². The Morgan fingerprint density at radius 1 is 1.19 bits per heavy atom. The predicted octanol–water partition coefficient (Wildman–Crippen LogP) is 2.70. The van der Waals surface area contributed by atoms with Crippen LogP contribution < -0.4 is 21.3 Å². The molecule has 3 rings (SSSR count). The minimum absolute atomic E-state index is 0.469. The second-order valence-corrected chi connectivity index (χ2v) is 5.22. The molecular weight excluding hydrogens is 266 g/mol. The number of aryl methyl sites for hydroxylation is 1. The molecule has 0 unspecified atom stereocenters. The van der Waals surface area contributed by atoms with Crippen molar-refractivity contribution < 1.29 is 4.74 Å². The Balaban J connectivity index is 1.86. The fourth-order valence-electron chi connectivity index (χ4n) is 2.23. The van der Waals surface area contributed by atoms with Gasteiger partial charge in [-0.1, -0.05) is 0 Å². The van der Waals surface area contributed by atoms with Crippen LogP contribution in [0.25, 0.3) is 0 Å². The number of aromatic nitrogens is 2. The molecule has 6 heteroatoms. The molecule has 21 heavy (non-hydrogen) atoms. The molecule has 0 saturated heterocycles. The average Bonchev–Trinajstić information content (AvgIpc) is 3.32. The summed E-state index contributed by atoms with van der Waals surface area (Å²) in [6.45, 7) is 2.01. The van der Waals surface area contributed by atoms with Crippen LogP contribution in [-0.4, -0.2) is 17.1 Å². The second kappa shape index (κ2) is 5.57. The van der Waals surface area contributed by atoms with E-state index in [-0.39, 0.29) is 0 Å². The standard InChI is InChI=1S/C15H19N5O/c1-9-7-11(5-6-12(9)21-2)17-13-8-14(20-16)19-15(18-13)10-3-4-10/h5-8,10H,3-4,16H2,1-2H3,(H2,17,18,19,20). The molecule has 0 spiro atoms. The normalized spacial score (nSPS) is 13.9. The molecule has 0 amide bonds. The number of ether oxygens (including phenoxy) is 1. The summed E-state index contributed by atoms with van der Waals surface area (Å²) in [6.07, 6.45) is 2.30. The smallest absolute Gasteiger partial charge is 0.145 e. The number of hydrazine groups is 1. The van der Waals surface area contributed by atoms with Crippen LogP contribution in [0.5, 0.6) is 5.75 Å². The molecule has 4 N–H and O–H groups in total.